The zero-order chi connectivity index (χ0) is 16.2. The fourth-order valence-electron chi connectivity index (χ4n) is 1.80. The molecule has 1 atom stereocenters. The number of hydrogen-bond donors (Lipinski definition) is 1. The van der Waals surface area contributed by atoms with E-state index < -0.39 is 32.2 Å². The van der Waals surface area contributed by atoms with Gasteiger partial charge in [0, 0.05) is 18.2 Å². The molecule has 0 spiro atoms. The van der Waals surface area contributed by atoms with Crippen molar-refractivity contribution in [3.05, 3.63) is 42.9 Å². The van der Waals surface area contributed by atoms with E-state index in [1.807, 2.05) is 6.92 Å². The number of rotatable bonds is 6. The van der Waals surface area contributed by atoms with Crippen molar-refractivity contribution < 1.29 is 14.6 Å². The fraction of sp³-hybridized carbons (Fsp3) is 0.417. The standard InChI is InChI=1S/C12H14ClN3O5/c1-3-4-7(2)14-12(17)8-5-9(15(18)19)11(13)10(6-8)16(20)21/h5-7H,3-4H2,1-2H3,(H,14,17). The van der Waals surface area contributed by atoms with E-state index >= 15 is 0 Å². The van der Waals surface area contributed by atoms with Crippen molar-refractivity contribution in [2.24, 2.45) is 0 Å². The molecule has 21 heavy (non-hydrogen) atoms. The summed E-state index contributed by atoms with van der Waals surface area (Å²) in [6.45, 7) is 3.72. The van der Waals surface area contributed by atoms with Crippen LogP contribution in [0.15, 0.2) is 12.1 Å². The van der Waals surface area contributed by atoms with Gasteiger partial charge in [-0.05, 0) is 13.3 Å². The molecule has 0 saturated heterocycles. The quantitative estimate of drug-likeness (QED) is 0.639. The van der Waals surface area contributed by atoms with Gasteiger partial charge < -0.3 is 5.32 Å². The summed E-state index contributed by atoms with van der Waals surface area (Å²) in [5, 5.41) is 23.8. The van der Waals surface area contributed by atoms with Crippen LogP contribution in [-0.2, 0) is 0 Å². The molecule has 0 aliphatic carbocycles. The molecule has 1 unspecified atom stereocenters. The van der Waals surface area contributed by atoms with E-state index in [-0.39, 0.29) is 11.6 Å². The van der Waals surface area contributed by atoms with Crippen LogP contribution in [0.3, 0.4) is 0 Å². The van der Waals surface area contributed by atoms with Gasteiger partial charge in [-0.3, -0.25) is 25.0 Å². The summed E-state index contributed by atoms with van der Waals surface area (Å²) in [4.78, 5) is 32.0. The van der Waals surface area contributed by atoms with Crippen LogP contribution in [0.5, 0.6) is 0 Å². The monoisotopic (exact) mass is 315 g/mol. The molecule has 0 saturated carbocycles. The van der Waals surface area contributed by atoms with Crippen LogP contribution in [0.25, 0.3) is 0 Å². The Morgan fingerprint density at radius 1 is 1.29 bits per heavy atom. The van der Waals surface area contributed by atoms with Gasteiger partial charge in [-0.1, -0.05) is 24.9 Å². The summed E-state index contributed by atoms with van der Waals surface area (Å²) >= 11 is 5.62. The van der Waals surface area contributed by atoms with E-state index in [0.29, 0.717) is 0 Å². The van der Waals surface area contributed by atoms with Gasteiger partial charge in [0.25, 0.3) is 17.3 Å². The zero-order valence-electron chi connectivity index (χ0n) is 11.5. The van der Waals surface area contributed by atoms with E-state index in [9.17, 15) is 25.0 Å². The average molecular weight is 316 g/mol. The number of nitrogens with zero attached hydrogens (tertiary/aromatic N) is 2. The van der Waals surface area contributed by atoms with Crippen molar-refractivity contribution >= 4 is 28.9 Å². The number of nitro benzene ring substituents is 2. The second-order valence-electron chi connectivity index (χ2n) is 4.51. The van der Waals surface area contributed by atoms with Gasteiger partial charge in [-0.15, -0.1) is 0 Å². The summed E-state index contributed by atoms with van der Waals surface area (Å²) in [6, 6.07) is 1.73. The third-order valence-corrected chi connectivity index (χ3v) is 3.18. The molecule has 0 aliphatic heterocycles. The Morgan fingerprint density at radius 2 is 1.76 bits per heavy atom. The molecule has 0 bridgehead atoms. The topological polar surface area (TPSA) is 115 Å². The maximum atomic E-state index is 12.0. The van der Waals surface area contributed by atoms with Gasteiger partial charge in [0.1, 0.15) is 0 Å². The Morgan fingerprint density at radius 3 is 2.14 bits per heavy atom. The molecule has 1 rings (SSSR count). The van der Waals surface area contributed by atoms with Crippen molar-refractivity contribution in [2.45, 2.75) is 32.7 Å². The smallest absolute Gasteiger partial charge is 0.295 e. The van der Waals surface area contributed by atoms with Crippen molar-refractivity contribution in [1.29, 1.82) is 0 Å². The fourth-order valence-corrected chi connectivity index (χ4v) is 2.05. The molecular weight excluding hydrogens is 302 g/mol. The molecule has 1 amide bonds. The number of amides is 1. The van der Waals surface area contributed by atoms with Gasteiger partial charge in [0.15, 0.2) is 5.02 Å². The molecule has 0 fully saturated rings. The van der Waals surface area contributed by atoms with Crippen LogP contribution in [0, 0.1) is 20.2 Å². The van der Waals surface area contributed by atoms with Gasteiger partial charge in [-0.25, -0.2) is 0 Å². The molecule has 9 heteroatoms. The van der Waals surface area contributed by atoms with E-state index in [2.05, 4.69) is 5.32 Å². The number of benzene rings is 1. The molecule has 1 aromatic carbocycles. The highest BCUT2D eigenvalue weighted by Gasteiger charge is 2.27. The molecular formula is C12H14ClN3O5. The predicted molar refractivity (Wildman–Crippen MR) is 76.6 cm³/mol. The molecule has 1 aromatic rings. The Hall–Kier alpha value is -2.22. The first kappa shape index (κ1) is 16.8. The molecule has 114 valence electrons. The predicted octanol–water partition coefficient (Wildman–Crippen LogP) is 3.07. The molecule has 0 radical (unpaired) electrons. The van der Waals surface area contributed by atoms with Gasteiger partial charge in [0.2, 0.25) is 0 Å². The van der Waals surface area contributed by atoms with Crippen LogP contribution in [0.1, 0.15) is 37.0 Å². The Labute approximate surface area is 125 Å². The third kappa shape index (κ3) is 4.12. The number of carbonyl (C=O) groups excluding carboxylic acids is 1. The van der Waals surface area contributed by atoms with Crippen LogP contribution in [0.4, 0.5) is 11.4 Å². The normalized spacial score (nSPS) is 11.8. The molecule has 0 heterocycles. The van der Waals surface area contributed by atoms with Crippen molar-refractivity contribution in [3.8, 4) is 0 Å². The first-order chi connectivity index (χ1) is 9.77. The SMILES string of the molecule is CCCC(C)NC(=O)c1cc([N+](=O)[O-])c(Cl)c([N+](=O)[O-])c1. The first-order valence-electron chi connectivity index (χ1n) is 6.21. The maximum absolute atomic E-state index is 12.0. The number of carbonyl (C=O) groups is 1. The molecule has 1 N–H and O–H groups in total. The Kier molecular flexibility index (Phi) is 5.60. The molecule has 8 nitrogen and oxygen atoms in total. The van der Waals surface area contributed by atoms with E-state index in [1.165, 1.54) is 0 Å². The summed E-state index contributed by atoms with van der Waals surface area (Å²) < 4.78 is 0. The lowest BCUT2D eigenvalue weighted by Gasteiger charge is -2.12. The minimum atomic E-state index is -0.860. The van der Waals surface area contributed by atoms with Gasteiger partial charge >= 0.3 is 0 Å². The minimum Gasteiger partial charge on any atom is -0.350 e. The highest BCUT2D eigenvalue weighted by Crippen LogP contribution is 2.34. The van der Waals surface area contributed by atoms with Crippen LogP contribution < -0.4 is 5.32 Å². The average Bonchev–Trinajstić information content (AvgIpc) is 2.38. The summed E-state index contributed by atoms with van der Waals surface area (Å²) in [5.74, 6) is -0.612. The number of nitro groups is 2. The zero-order valence-corrected chi connectivity index (χ0v) is 12.2. The largest absolute Gasteiger partial charge is 0.350 e. The molecule has 0 aliphatic rings. The van der Waals surface area contributed by atoms with Crippen molar-refractivity contribution in [1.82, 2.24) is 5.32 Å². The van der Waals surface area contributed by atoms with Gasteiger partial charge in [-0.2, -0.15) is 0 Å². The lowest BCUT2D eigenvalue weighted by molar-refractivity contribution is -0.393. The van der Waals surface area contributed by atoms with Crippen LogP contribution in [-0.4, -0.2) is 21.8 Å². The highest BCUT2D eigenvalue weighted by atomic mass is 35.5. The Bertz CT molecular complexity index is 555. The third-order valence-electron chi connectivity index (χ3n) is 2.79. The van der Waals surface area contributed by atoms with E-state index in [1.54, 1.807) is 6.92 Å². The number of nitrogens with one attached hydrogen (secondary N) is 1. The van der Waals surface area contributed by atoms with E-state index in [0.717, 1.165) is 25.0 Å². The minimum absolute atomic E-state index is 0.142. The highest BCUT2D eigenvalue weighted by molar-refractivity contribution is 6.35. The molecule has 0 aromatic heterocycles. The van der Waals surface area contributed by atoms with Crippen molar-refractivity contribution in [2.75, 3.05) is 0 Å². The lowest BCUT2D eigenvalue weighted by Crippen LogP contribution is -2.32. The summed E-state index contributed by atoms with van der Waals surface area (Å²) in [6.07, 6.45) is 1.58. The van der Waals surface area contributed by atoms with Crippen LogP contribution >= 0.6 is 11.6 Å². The maximum Gasteiger partial charge on any atom is 0.295 e. The number of hydrogen-bond acceptors (Lipinski definition) is 5. The second-order valence-corrected chi connectivity index (χ2v) is 4.88. The first-order valence-corrected chi connectivity index (χ1v) is 6.58. The van der Waals surface area contributed by atoms with Crippen molar-refractivity contribution in [3.63, 3.8) is 0 Å². The summed E-state index contributed by atoms with van der Waals surface area (Å²) in [7, 11) is 0. The second kappa shape index (κ2) is 6.98. The van der Waals surface area contributed by atoms with E-state index in [4.69, 9.17) is 11.6 Å². The number of halogens is 1. The van der Waals surface area contributed by atoms with Gasteiger partial charge in [0.05, 0.1) is 15.4 Å². The summed E-state index contributed by atoms with van der Waals surface area (Å²) in [5.41, 5.74) is -1.50. The van der Waals surface area contributed by atoms with Crippen LogP contribution in [0.2, 0.25) is 5.02 Å². The Balaban J connectivity index is 3.21. The lowest BCUT2D eigenvalue weighted by atomic mass is 10.1.